The molecule has 1 aromatic heterocycles. The van der Waals surface area contributed by atoms with Crippen LogP contribution in [-0.2, 0) is 13.0 Å². The summed E-state index contributed by atoms with van der Waals surface area (Å²) in [5.41, 5.74) is 0.812. The molecule has 2 fully saturated rings. The van der Waals surface area contributed by atoms with Crippen LogP contribution in [0.25, 0.3) is 0 Å². The highest BCUT2D eigenvalue weighted by molar-refractivity contribution is 5.05. The first-order valence-corrected chi connectivity index (χ1v) is 7.81. The van der Waals surface area contributed by atoms with E-state index in [9.17, 15) is 4.79 Å². The second-order valence-electron chi connectivity index (χ2n) is 6.44. The summed E-state index contributed by atoms with van der Waals surface area (Å²) in [6.07, 6.45) is 3.29. The van der Waals surface area contributed by atoms with Crippen LogP contribution in [0.2, 0.25) is 0 Å². The third-order valence-corrected chi connectivity index (χ3v) is 4.40. The summed E-state index contributed by atoms with van der Waals surface area (Å²) in [6, 6.07) is 2.65. The van der Waals surface area contributed by atoms with Crippen molar-refractivity contribution in [3.63, 3.8) is 0 Å². The van der Waals surface area contributed by atoms with Gasteiger partial charge in [0.15, 0.2) is 0 Å². The molecule has 0 amide bonds. The Balaban J connectivity index is 1.67. The minimum absolute atomic E-state index is 0.0422. The number of H-pyrrole nitrogens is 1. The zero-order valence-electron chi connectivity index (χ0n) is 12.9. The van der Waals surface area contributed by atoms with Gasteiger partial charge in [0.25, 0.3) is 5.56 Å². The molecule has 21 heavy (non-hydrogen) atoms. The van der Waals surface area contributed by atoms with Crippen molar-refractivity contribution in [3.8, 4) is 0 Å². The molecule has 3 rings (SSSR count). The van der Waals surface area contributed by atoms with Crippen molar-refractivity contribution in [1.29, 1.82) is 0 Å². The largest absolute Gasteiger partial charge is 0.310 e. The standard InChI is InChI=1S/C15H25N5O/c1-19-5-6-20(2)13(10-19)8-14-17-12(7-15(21)18-14)9-16-11-3-4-11/h7,11,13,16H,3-6,8-10H2,1-2H3,(H,17,18,21). The lowest BCUT2D eigenvalue weighted by atomic mass is 10.1. The Kier molecular flexibility index (Phi) is 4.37. The molecule has 2 N–H and O–H groups in total. The monoisotopic (exact) mass is 291 g/mol. The number of nitrogens with one attached hydrogen (secondary N) is 2. The van der Waals surface area contributed by atoms with Crippen molar-refractivity contribution in [2.24, 2.45) is 0 Å². The van der Waals surface area contributed by atoms with Gasteiger partial charge in [0.05, 0.1) is 5.69 Å². The second kappa shape index (κ2) is 6.25. The van der Waals surface area contributed by atoms with Crippen molar-refractivity contribution in [3.05, 3.63) is 27.9 Å². The van der Waals surface area contributed by atoms with Gasteiger partial charge in [0.1, 0.15) is 5.82 Å². The van der Waals surface area contributed by atoms with Crippen molar-refractivity contribution >= 4 is 0 Å². The van der Waals surface area contributed by atoms with Crippen LogP contribution in [-0.4, -0.2) is 65.6 Å². The van der Waals surface area contributed by atoms with Crippen LogP contribution in [0.4, 0.5) is 0 Å². The van der Waals surface area contributed by atoms with Crippen molar-refractivity contribution in [2.75, 3.05) is 33.7 Å². The zero-order valence-corrected chi connectivity index (χ0v) is 12.9. The Bertz CT molecular complexity index is 539. The lowest BCUT2D eigenvalue weighted by Crippen LogP contribution is -2.51. The molecule has 1 saturated heterocycles. The highest BCUT2D eigenvalue weighted by Gasteiger charge is 2.23. The third-order valence-electron chi connectivity index (χ3n) is 4.40. The van der Waals surface area contributed by atoms with Gasteiger partial charge in [-0.25, -0.2) is 4.98 Å². The third kappa shape index (κ3) is 4.12. The number of hydrogen-bond acceptors (Lipinski definition) is 5. The van der Waals surface area contributed by atoms with Crippen molar-refractivity contribution in [2.45, 2.75) is 37.9 Å². The van der Waals surface area contributed by atoms with Gasteiger partial charge in [0.2, 0.25) is 0 Å². The number of piperazine rings is 1. The molecule has 6 nitrogen and oxygen atoms in total. The van der Waals surface area contributed by atoms with E-state index in [0.717, 1.165) is 37.6 Å². The smallest absolute Gasteiger partial charge is 0.251 e. The average Bonchev–Trinajstić information content (AvgIpc) is 3.24. The average molecular weight is 291 g/mol. The molecule has 1 aliphatic heterocycles. The lowest BCUT2D eigenvalue weighted by molar-refractivity contribution is 0.113. The van der Waals surface area contributed by atoms with E-state index in [4.69, 9.17) is 0 Å². The Morgan fingerprint density at radius 3 is 2.95 bits per heavy atom. The van der Waals surface area contributed by atoms with Crippen molar-refractivity contribution < 1.29 is 0 Å². The van der Waals surface area contributed by atoms with Crippen LogP contribution in [0.15, 0.2) is 10.9 Å². The fourth-order valence-electron chi connectivity index (χ4n) is 2.83. The van der Waals surface area contributed by atoms with Gasteiger partial charge in [-0.2, -0.15) is 0 Å². The van der Waals surface area contributed by atoms with E-state index >= 15 is 0 Å². The predicted octanol–water partition coefficient (Wildman–Crippen LogP) is -0.190. The molecule has 1 atom stereocenters. The van der Waals surface area contributed by atoms with E-state index in [0.29, 0.717) is 18.6 Å². The van der Waals surface area contributed by atoms with Crippen LogP contribution in [0.1, 0.15) is 24.4 Å². The molecule has 116 valence electrons. The number of aromatic amines is 1. The summed E-state index contributed by atoms with van der Waals surface area (Å²) in [5.74, 6) is 0.808. The fraction of sp³-hybridized carbons (Fsp3) is 0.733. The summed E-state index contributed by atoms with van der Waals surface area (Å²) < 4.78 is 0. The number of nitrogens with zero attached hydrogens (tertiary/aromatic N) is 3. The van der Waals surface area contributed by atoms with E-state index in [1.165, 1.54) is 12.8 Å². The van der Waals surface area contributed by atoms with E-state index < -0.39 is 0 Å². The van der Waals surface area contributed by atoms with Crippen LogP contribution in [0.5, 0.6) is 0 Å². The molecule has 1 aliphatic carbocycles. The van der Waals surface area contributed by atoms with Gasteiger partial charge in [-0.05, 0) is 26.9 Å². The maximum absolute atomic E-state index is 11.8. The van der Waals surface area contributed by atoms with Gasteiger partial charge in [-0.3, -0.25) is 4.79 Å². The summed E-state index contributed by atoms with van der Waals surface area (Å²) >= 11 is 0. The lowest BCUT2D eigenvalue weighted by Gasteiger charge is -2.37. The molecule has 2 heterocycles. The summed E-state index contributed by atoms with van der Waals surface area (Å²) in [6.45, 7) is 3.88. The Morgan fingerprint density at radius 2 is 2.19 bits per heavy atom. The molecule has 0 radical (unpaired) electrons. The van der Waals surface area contributed by atoms with Crippen LogP contribution < -0.4 is 10.9 Å². The van der Waals surface area contributed by atoms with Gasteiger partial charge in [0, 0.05) is 50.7 Å². The minimum atomic E-state index is -0.0422. The Hall–Kier alpha value is -1.24. The molecule has 1 saturated carbocycles. The normalized spacial score (nSPS) is 24.4. The maximum atomic E-state index is 11.8. The van der Waals surface area contributed by atoms with Gasteiger partial charge < -0.3 is 20.1 Å². The highest BCUT2D eigenvalue weighted by Crippen LogP contribution is 2.19. The topological polar surface area (TPSA) is 64.3 Å². The molecular weight excluding hydrogens is 266 g/mol. The van der Waals surface area contributed by atoms with Crippen LogP contribution in [0, 0.1) is 0 Å². The first-order chi connectivity index (χ1) is 10.1. The Morgan fingerprint density at radius 1 is 1.38 bits per heavy atom. The number of hydrogen-bond donors (Lipinski definition) is 2. The molecule has 1 unspecified atom stereocenters. The SMILES string of the molecule is CN1CCN(C)C(Cc2nc(CNC3CC3)cc(=O)[nH]2)C1. The minimum Gasteiger partial charge on any atom is -0.310 e. The van der Waals surface area contributed by atoms with Gasteiger partial charge >= 0.3 is 0 Å². The number of likely N-dealkylation sites (N-methyl/N-ethyl adjacent to an activating group) is 2. The van der Waals surface area contributed by atoms with E-state index in [2.05, 4.69) is 39.2 Å². The molecular formula is C15H25N5O. The first-order valence-electron chi connectivity index (χ1n) is 7.81. The van der Waals surface area contributed by atoms with Gasteiger partial charge in [-0.15, -0.1) is 0 Å². The maximum Gasteiger partial charge on any atom is 0.251 e. The van der Waals surface area contributed by atoms with E-state index in [1.807, 2.05) is 0 Å². The molecule has 6 heteroatoms. The summed E-state index contributed by atoms with van der Waals surface area (Å²) in [7, 11) is 4.29. The Labute approximate surface area is 125 Å². The zero-order chi connectivity index (χ0) is 14.8. The number of rotatable bonds is 5. The molecule has 0 bridgehead atoms. The predicted molar refractivity (Wildman–Crippen MR) is 82.3 cm³/mol. The number of aromatic nitrogens is 2. The first kappa shape index (κ1) is 14.7. The molecule has 0 aromatic carbocycles. The van der Waals surface area contributed by atoms with E-state index in [1.54, 1.807) is 6.07 Å². The second-order valence-corrected chi connectivity index (χ2v) is 6.44. The quantitative estimate of drug-likeness (QED) is 0.787. The van der Waals surface area contributed by atoms with E-state index in [-0.39, 0.29) is 5.56 Å². The highest BCUT2D eigenvalue weighted by atomic mass is 16.1. The van der Waals surface area contributed by atoms with Crippen LogP contribution in [0.3, 0.4) is 0 Å². The van der Waals surface area contributed by atoms with Gasteiger partial charge in [-0.1, -0.05) is 0 Å². The van der Waals surface area contributed by atoms with Crippen LogP contribution >= 0.6 is 0 Å². The molecule has 0 spiro atoms. The summed E-state index contributed by atoms with van der Waals surface area (Å²) in [5, 5.41) is 3.41. The molecule has 1 aromatic rings. The van der Waals surface area contributed by atoms with Crippen molar-refractivity contribution in [1.82, 2.24) is 25.1 Å². The molecule has 2 aliphatic rings. The summed E-state index contributed by atoms with van der Waals surface area (Å²) in [4.78, 5) is 24.0. The fourth-order valence-corrected chi connectivity index (χ4v) is 2.83.